The number of nitrogens with one attached hydrogen (secondary N) is 2. The molecule has 2 heterocycles. The van der Waals surface area contributed by atoms with Gasteiger partial charge in [-0.3, -0.25) is 24.1 Å². The first-order valence-electron chi connectivity index (χ1n) is 10.4. The van der Waals surface area contributed by atoms with Crippen LogP contribution in [0.3, 0.4) is 0 Å². The van der Waals surface area contributed by atoms with E-state index in [0.717, 1.165) is 25.9 Å². The number of amides is 4. The van der Waals surface area contributed by atoms with Crippen molar-refractivity contribution in [3.05, 3.63) is 0 Å². The van der Waals surface area contributed by atoms with Gasteiger partial charge in [0.1, 0.15) is 0 Å². The van der Waals surface area contributed by atoms with E-state index in [1.165, 1.54) is 0 Å². The summed E-state index contributed by atoms with van der Waals surface area (Å²) >= 11 is 0. The van der Waals surface area contributed by atoms with Gasteiger partial charge in [0.25, 0.3) is 11.8 Å². The molecule has 168 valence electrons. The van der Waals surface area contributed by atoms with Gasteiger partial charge in [-0.15, -0.1) is 5.06 Å². The molecule has 1 atom stereocenters. The first kappa shape index (κ1) is 23.8. The van der Waals surface area contributed by atoms with Gasteiger partial charge in [0, 0.05) is 38.9 Å². The van der Waals surface area contributed by atoms with Crippen LogP contribution in [-0.4, -0.2) is 71.8 Å². The first-order chi connectivity index (χ1) is 14.1. The number of rotatable bonds is 9. The number of hydroxylamine groups is 2. The molecule has 0 aromatic heterocycles. The van der Waals surface area contributed by atoms with Gasteiger partial charge in [0.15, 0.2) is 0 Å². The van der Waals surface area contributed by atoms with Gasteiger partial charge < -0.3 is 15.5 Å². The van der Waals surface area contributed by atoms with Crippen molar-refractivity contribution in [2.75, 3.05) is 26.2 Å². The fourth-order valence-electron chi connectivity index (χ4n) is 3.54. The van der Waals surface area contributed by atoms with E-state index in [0.29, 0.717) is 5.06 Å². The third-order valence-electron chi connectivity index (χ3n) is 4.85. The molecule has 0 bridgehead atoms. The number of hydrogen-bond acceptors (Lipinski definition) is 7. The maximum atomic E-state index is 12.4. The van der Waals surface area contributed by atoms with Crippen LogP contribution in [0.2, 0.25) is 0 Å². The lowest BCUT2D eigenvalue weighted by molar-refractivity contribution is -0.197. The highest BCUT2D eigenvalue weighted by Crippen LogP contribution is 2.23. The van der Waals surface area contributed by atoms with Crippen LogP contribution in [0, 0.1) is 5.41 Å². The van der Waals surface area contributed by atoms with Gasteiger partial charge in [-0.25, -0.2) is 4.79 Å². The maximum absolute atomic E-state index is 12.4. The Labute approximate surface area is 176 Å². The zero-order chi connectivity index (χ0) is 22.3. The Morgan fingerprint density at radius 2 is 1.67 bits per heavy atom. The third kappa shape index (κ3) is 7.40. The van der Waals surface area contributed by atoms with E-state index >= 15 is 0 Å². The molecule has 0 spiro atoms. The second-order valence-electron chi connectivity index (χ2n) is 8.88. The van der Waals surface area contributed by atoms with Crippen LogP contribution in [-0.2, 0) is 28.8 Å². The summed E-state index contributed by atoms with van der Waals surface area (Å²) in [5, 5.41) is 5.85. The Morgan fingerprint density at radius 3 is 2.30 bits per heavy atom. The molecule has 2 aliphatic heterocycles. The van der Waals surface area contributed by atoms with E-state index in [1.54, 1.807) is 0 Å². The van der Waals surface area contributed by atoms with E-state index in [1.807, 2.05) is 0 Å². The second kappa shape index (κ2) is 10.5. The minimum atomic E-state index is -0.771. The van der Waals surface area contributed by atoms with Gasteiger partial charge >= 0.3 is 5.97 Å². The predicted octanol–water partition coefficient (Wildman–Crippen LogP) is 0.117. The quantitative estimate of drug-likeness (QED) is 0.301. The van der Waals surface area contributed by atoms with Crippen molar-refractivity contribution in [2.24, 2.45) is 5.41 Å². The average molecular weight is 433 g/mol. The van der Waals surface area contributed by atoms with Crippen LogP contribution in [0.5, 0.6) is 0 Å². The van der Waals surface area contributed by atoms with Crippen LogP contribution in [0.1, 0.15) is 59.3 Å². The van der Waals surface area contributed by atoms with Crippen LogP contribution >= 0.6 is 0 Å². The molecule has 2 aliphatic rings. The topological polar surface area (TPSA) is 125 Å². The summed E-state index contributed by atoms with van der Waals surface area (Å²) in [6.07, 6.45) is 1.79. The smallest absolute Gasteiger partial charge is 0.334 e. The zero-order valence-corrected chi connectivity index (χ0v) is 18.0. The monoisotopic (exact) mass is 433 g/mol. The summed E-state index contributed by atoms with van der Waals surface area (Å²) < 4.78 is 0. The van der Waals surface area contributed by atoms with E-state index in [2.05, 4.69) is 36.3 Å². The fourth-order valence-corrected chi connectivity index (χ4v) is 3.54. The van der Waals surface area contributed by atoms with Gasteiger partial charge in [-0.05, 0) is 24.8 Å². The number of carbonyl (C=O) groups is 5. The van der Waals surface area contributed by atoms with Crippen molar-refractivity contribution in [2.45, 2.75) is 65.3 Å². The fraction of sp³-hybridized carbons (Fsp3) is 0.750. The molecule has 0 aromatic rings. The standard InChI is InChI=1S/C20H32N4O6/c1-20(2,3)13-23-12-4-5-14(23)19(29)22-10-8-15(25)21-11-9-18(28)30-24-16(26)6-7-17(24)27/h14H,4-13H2,1-3H3,(H,21,25)(H,22,29)/i1+1,2+1,3+1,13+1,15+1,18+1,20+1,21+1,23+1. The molecule has 30 heavy (non-hydrogen) atoms. The van der Waals surface area contributed by atoms with E-state index < -0.39 is 17.8 Å². The summed E-state index contributed by atoms with van der Waals surface area (Å²) in [5.74, 6) is -2.23. The van der Waals surface area contributed by atoms with Crippen molar-refractivity contribution in [3.63, 3.8) is 0 Å². The largest absolute Gasteiger partial charge is 0.355 e. The zero-order valence-electron chi connectivity index (χ0n) is 18.0. The Kier molecular flexibility index (Phi) is 8.33. The Hall–Kier alpha value is -2.49. The van der Waals surface area contributed by atoms with Crippen LogP contribution < -0.4 is 10.6 Å². The lowest BCUT2D eigenvalue weighted by Crippen LogP contribution is -2.46. The van der Waals surface area contributed by atoms with Crippen LogP contribution in [0.4, 0.5) is 0 Å². The molecule has 1 unspecified atom stereocenters. The van der Waals surface area contributed by atoms with E-state index in [9.17, 15) is 24.0 Å². The molecule has 2 saturated heterocycles. The van der Waals surface area contributed by atoms with Crippen molar-refractivity contribution < 1.29 is 28.8 Å². The highest BCUT2D eigenvalue weighted by atomic mass is 16.8. The van der Waals surface area contributed by atoms with Gasteiger partial charge in [-0.1, -0.05) is 20.8 Å². The molecular formula is C20H32N4O6. The van der Waals surface area contributed by atoms with Crippen molar-refractivity contribution >= 4 is 29.6 Å². The van der Waals surface area contributed by atoms with Crippen molar-refractivity contribution in [1.29, 1.82) is 0 Å². The number of hydrogen-bond donors (Lipinski definition) is 2. The molecular weight excluding hydrogens is 401 g/mol. The summed E-state index contributed by atoms with van der Waals surface area (Å²) in [4.78, 5) is 65.7. The minimum absolute atomic E-state index is 0.0177. The molecule has 10 heteroatoms. The molecule has 0 aromatic carbocycles. The summed E-state index contributed by atoms with van der Waals surface area (Å²) in [6.45, 7) is 8.40. The SMILES string of the molecule is [13CH3][13C]([13CH3])([13CH3])[13CH2][15N]1CCCC1C(=O)NCC[13C](=O)[15NH]CC[13C](=O)ON1C(=O)CCC1=O. The number of carbonyl (C=O) groups excluding carboxylic acids is 5. The third-order valence-corrected chi connectivity index (χ3v) is 4.85. The Bertz CT molecular complexity index is 671. The molecule has 2 rings (SSSR count). The van der Waals surface area contributed by atoms with Crippen LogP contribution in [0.15, 0.2) is 0 Å². The highest BCUT2D eigenvalue weighted by Gasteiger charge is 2.33. The normalized spacial score (nSPS) is 19.8. The molecule has 2 fully saturated rings. The van der Waals surface area contributed by atoms with Gasteiger partial charge in [0.05, 0.1) is 12.5 Å². The van der Waals surface area contributed by atoms with Gasteiger partial charge in [0.2, 0.25) is 11.8 Å². The molecule has 2 N–H and O–H groups in total. The predicted molar refractivity (Wildman–Crippen MR) is 106 cm³/mol. The minimum Gasteiger partial charge on any atom is -0.355 e. The molecule has 4 amide bonds. The summed E-state index contributed by atoms with van der Waals surface area (Å²) in [6, 6.07) is -0.155. The molecule has 0 radical (unpaired) electrons. The highest BCUT2D eigenvalue weighted by molar-refractivity contribution is 6.01. The van der Waals surface area contributed by atoms with Gasteiger partial charge in [-0.2, -0.15) is 0 Å². The molecule has 0 saturated carbocycles. The first-order valence-corrected chi connectivity index (χ1v) is 10.4. The van der Waals surface area contributed by atoms with Crippen LogP contribution in [0.25, 0.3) is 0 Å². The second-order valence-corrected chi connectivity index (χ2v) is 8.88. The maximum Gasteiger partial charge on any atom is 0.334 e. The number of imide groups is 1. The molecule has 10 nitrogen and oxygen atoms in total. The lowest BCUT2D eigenvalue weighted by Gasteiger charge is -2.30. The average Bonchev–Trinajstić information content (AvgIpc) is 3.21. The van der Waals surface area contributed by atoms with E-state index in [4.69, 9.17) is 4.84 Å². The lowest BCUT2D eigenvalue weighted by atomic mass is 10.2. The Morgan fingerprint density at radius 1 is 1.03 bits per heavy atom. The summed E-state index contributed by atoms with van der Waals surface area (Å²) in [7, 11) is 0. The number of nitrogens with zero attached hydrogens (tertiary/aromatic N) is 2. The molecule has 0 aliphatic carbocycles. The number of likely N-dealkylation sites (tertiary alicyclic amines) is 1. The van der Waals surface area contributed by atoms with Crippen molar-refractivity contribution in [1.82, 2.24) is 20.6 Å². The summed E-state index contributed by atoms with van der Waals surface area (Å²) in [5.41, 5.74) is 0.110. The van der Waals surface area contributed by atoms with Crippen molar-refractivity contribution in [3.8, 4) is 0 Å². The Balaban J connectivity index is 1.60. The van der Waals surface area contributed by atoms with E-state index in [-0.39, 0.29) is 62.0 Å².